The van der Waals surface area contributed by atoms with Gasteiger partial charge >= 0.3 is 11.8 Å². The van der Waals surface area contributed by atoms with Crippen LogP contribution in [0.5, 0.6) is 11.5 Å². The van der Waals surface area contributed by atoms with Gasteiger partial charge in [0.2, 0.25) is 11.7 Å². The number of fused-ring (bicyclic) bond motifs is 3. The van der Waals surface area contributed by atoms with E-state index >= 15 is 0 Å². The molecule has 0 radical (unpaired) electrons. The fourth-order valence-corrected chi connectivity index (χ4v) is 9.88. The Morgan fingerprint density at radius 1 is 0.969 bits per heavy atom. The van der Waals surface area contributed by atoms with E-state index in [1.165, 1.54) is 65.0 Å². The summed E-state index contributed by atoms with van der Waals surface area (Å²) in [6.45, 7) is 20.2. The molecule has 1 aromatic carbocycles. The largest absolute Gasteiger partial charge is 0.507 e. The Morgan fingerprint density at radius 3 is 2.22 bits per heavy atom. The molecule has 6 rings (SSSR count). The number of phenolic OH excluding ortho intramolecular Hbond substituents is 1. The number of rotatable bonds is 4. The minimum atomic E-state index is -2.04. The van der Waals surface area contributed by atoms with E-state index in [4.69, 9.17) is 23.9 Å². The second-order valence-corrected chi connectivity index (χ2v) is 18.7. The predicted molar refractivity (Wildman–Crippen MR) is 236 cm³/mol. The number of ether oxygens (including phenoxy) is 4. The molecule has 0 aromatic heterocycles. The van der Waals surface area contributed by atoms with Crippen LogP contribution < -0.4 is 10.1 Å². The third-order valence-electron chi connectivity index (χ3n) is 13.5. The fourth-order valence-electron chi connectivity index (χ4n) is 9.88. The van der Waals surface area contributed by atoms with Crippen molar-refractivity contribution in [2.75, 3.05) is 26.7 Å². The molecule has 1 spiro atoms. The third kappa shape index (κ3) is 8.57. The van der Waals surface area contributed by atoms with Gasteiger partial charge in [-0.15, -0.1) is 0 Å². The number of aliphatic hydroxyl groups excluding tert-OH is 2. The standard InChI is InChI=1S/C48H64N4O12/c1-23(2)22-51-19-17-48(18-20-51)50-36-33-34-41(57)29(8)44-35(33)45(59)47(11,64-44)62-21-16-32(61-12)26(5)43(63-31(10)54)28(7)40(56)27(6)39(55)24(3)14-13-15-25(4)46(60)49-37(42(34)58)38(36)52(48)30(9)53/h13-16,21,23-24,26-28,32,39-40,43,55-57H,17-20,22H2,1-12H3,(H,49,60)/b14-13+,21-16+,25-15-/t24-,26+,27+,28+,32-,39-,40+,43+,47-/m0/s1. The lowest BCUT2D eigenvalue weighted by atomic mass is 9.78. The van der Waals surface area contributed by atoms with Gasteiger partial charge in [-0.3, -0.25) is 33.9 Å². The molecule has 1 saturated heterocycles. The van der Waals surface area contributed by atoms with Crippen LogP contribution in [-0.4, -0.2) is 123 Å². The van der Waals surface area contributed by atoms with E-state index in [0.717, 1.165) is 6.54 Å². The minimum absolute atomic E-state index is 0.0129. The molecule has 16 nitrogen and oxygen atoms in total. The van der Waals surface area contributed by atoms with Crippen LogP contribution in [0.15, 0.2) is 52.5 Å². The highest BCUT2D eigenvalue weighted by Crippen LogP contribution is 2.52. The number of allylic oxidation sites excluding steroid dienone is 4. The number of esters is 1. The first-order valence-corrected chi connectivity index (χ1v) is 22.1. The van der Waals surface area contributed by atoms with Crippen molar-refractivity contribution in [1.29, 1.82) is 0 Å². The summed E-state index contributed by atoms with van der Waals surface area (Å²) in [5.41, 5.74) is -1.54. The third-order valence-corrected chi connectivity index (χ3v) is 13.5. The van der Waals surface area contributed by atoms with Gasteiger partial charge in [-0.2, -0.15) is 0 Å². The molecule has 1 aliphatic carbocycles. The van der Waals surface area contributed by atoms with Crippen molar-refractivity contribution in [3.63, 3.8) is 0 Å². The average Bonchev–Trinajstić information content (AvgIpc) is 3.71. The van der Waals surface area contributed by atoms with Crippen molar-refractivity contribution in [3.8, 4) is 11.5 Å². The minimum Gasteiger partial charge on any atom is -0.507 e. The second kappa shape index (κ2) is 18.4. The molecule has 64 heavy (non-hydrogen) atoms. The summed E-state index contributed by atoms with van der Waals surface area (Å²) in [5, 5.41) is 37.7. The molecule has 5 aliphatic rings. The molecule has 0 saturated carbocycles. The summed E-state index contributed by atoms with van der Waals surface area (Å²) in [7, 11) is 1.45. The van der Waals surface area contributed by atoms with E-state index < -0.39 is 94.6 Å². The topological polar surface area (TPSA) is 214 Å². The number of nitrogens with zero attached hydrogens (tertiary/aromatic N) is 3. The quantitative estimate of drug-likeness (QED) is 0.298. The summed E-state index contributed by atoms with van der Waals surface area (Å²) in [6, 6.07) is 0. The van der Waals surface area contributed by atoms with Crippen LogP contribution in [0.25, 0.3) is 0 Å². The van der Waals surface area contributed by atoms with Crippen molar-refractivity contribution in [3.05, 3.63) is 69.8 Å². The van der Waals surface area contributed by atoms with Gasteiger partial charge in [-0.1, -0.05) is 59.8 Å². The van der Waals surface area contributed by atoms with Crippen LogP contribution in [-0.2, 0) is 28.6 Å². The number of methoxy groups -OCH3 is 1. The zero-order valence-corrected chi connectivity index (χ0v) is 39.0. The monoisotopic (exact) mass is 888 g/mol. The van der Waals surface area contributed by atoms with E-state index in [2.05, 4.69) is 24.1 Å². The number of Topliss-reactive ketones (excluding diaryl/α,β-unsaturated/α-hetero) is 2. The summed E-state index contributed by atoms with van der Waals surface area (Å²) >= 11 is 0. The first kappa shape index (κ1) is 48.3. The van der Waals surface area contributed by atoms with Crippen molar-refractivity contribution in [1.82, 2.24) is 15.1 Å². The van der Waals surface area contributed by atoms with E-state index in [-0.39, 0.29) is 50.7 Å². The summed E-state index contributed by atoms with van der Waals surface area (Å²) in [4.78, 5) is 79.3. The van der Waals surface area contributed by atoms with Crippen molar-refractivity contribution >= 4 is 35.1 Å². The molecule has 348 valence electrons. The number of aliphatic hydroxyl groups is 2. The molecule has 2 amide bonds. The first-order valence-electron chi connectivity index (χ1n) is 22.1. The Labute approximate surface area is 375 Å². The number of ketones is 2. The molecule has 1 aromatic rings. The lowest BCUT2D eigenvalue weighted by molar-refractivity contribution is -0.160. The molecule has 4 heterocycles. The van der Waals surface area contributed by atoms with E-state index in [1.807, 2.05) is 0 Å². The highest BCUT2D eigenvalue weighted by Gasteiger charge is 2.57. The number of aliphatic imine (C=N–C) groups is 1. The molecule has 1 fully saturated rings. The maximum absolute atomic E-state index is 15.0. The van der Waals surface area contributed by atoms with Gasteiger partial charge in [0, 0.05) is 101 Å². The molecule has 4 aliphatic heterocycles. The van der Waals surface area contributed by atoms with Crippen molar-refractivity contribution in [2.45, 2.75) is 125 Å². The molecule has 16 heteroatoms. The Morgan fingerprint density at radius 2 is 1.62 bits per heavy atom. The zero-order valence-electron chi connectivity index (χ0n) is 39.0. The number of phenols is 1. The van der Waals surface area contributed by atoms with E-state index in [9.17, 15) is 39.3 Å². The van der Waals surface area contributed by atoms with Gasteiger partial charge in [-0.25, -0.2) is 0 Å². The summed E-state index contributed by atoms with van der Waals surface area (Å²) in [5.74, 6) is -7.96. The van der Waals surface area contributed by atoms with Crippen LogP contribution in [0.4, 0.5) is 0 Å². The number of hydrogen-bond acceptors (Lipinski definition) is 14. The molecular formula is C48H64N4O12. The van der Waals surface area contributed by atoms with E-state index in [0.29, 0.717) is 31.8 Å². The van der Waals surface area contributed by atoms with Gasteiger partial charge in [0.1, 0.15) is 29.0 Å². The van der Waals surface area contributed by atoms with Gasteiger partial charge in [0.25, 0.3) is 11.7 Å². The number of likely N-dealkylation sites (tertiary alicyclic amines) is 1. The highest BCUT2D eigenvalue weighted by atomic mass is 16.7. The van der Waals surface area contributed by atoms with Crippen LogP contribution in [0.3, 0.4) is 0 Å². The van der Waals surface area contributed by atoms with Gasteiger partial charge in [-0.05, 0) is 25.8 Å². The molecule has 0 unspecified atom stereocenters. The maximum atomic E-state index is 15.0. The Kier molecular flexibility index (Phi) is 13.9. The predicted octanol–water partition coefficient (Wildman–Crippen LogP) is 4.87. The van der Waals surface area contributed by atoms with E-state index in [1.54, 1.807) is 39.8 Å². The van der Waals surface area contributed by atoms with Crippen molar-refractivity contribution < 1.29 is 58.2 Å². The zero-order chi connectivity index (χ0) is 47.3. The van der Waals surface area contributed by atoms with Crippen LogP contribution in [0.2, 0.25) is 0 Å². The number of amides is 2. The molecular weight excluding hydrogens is 825 g/mol. The highest BCUT2D eigenvalue weighted by molar-refractivity contribution is 6.35. The SMILES string of the molecule is CO[C@H]1/C=C/O[C@@]2(C)Oc3c(C)c(O)c4c(c3C2=O)C2=NC3(CCN(CC(C)C)CC3)N(C(C)=O)C2=C(NC(=O)/C(C)=C\C=C\[C@H](C)[C@H](O)[C@@H](C)[C@@H](O)[C@@H](C)[C@H](OC(C)=O)[C@@H]1C)C4=O. The molecule has 4 N–H and O–H groups in total. The molecule has 5 bridgehead atoms. The number of benzene rings is 1. The van der Waals surface area contributed by atoms with Crippen LogP contribution in [0, 0.1) is 36.5 Å². The van der Waals surface area contributed by atoms with Gasteiger partial charge in [0.05, 0.1) is 47.1 Å². The number of carbonyl (C=O) groups excluding carboxylic acids is 5. The van der Waals surface area contributed by atoms with Gasteiger partial charge < -0.3 is 44.5 Å². The molecule has 9 atom stereocenters. The lowest BCUT2D eigenvalue weighted by Gasteiger charge is -2.43. The van der Waals surface area contributed by atoms with Crippen LogP contribution >= 0.6 is 0 Å². The first-order chi connectivity index (χ1) is 30.0. The van der Waals surface area contributed by atoms with Crippen LogP contribution in [0.1, 0.15) is 114 Å². The summed E-state index contributed by atoms with van der Waals surface area (Å²) < 4.78 is 24.0. The number of aromatic hydroxyl groups is 1. The normalized spacial score (nSPS) is 32.9. The second-order valence-electron chi connectivity index (χ2n) is 18.7. The number of hydrogen-bond donors (Lipinski definition) is 4. The fraction of sp³-hybridized carbons (Fsp3) is 0.583. The summed E-state index contributed by atoms with van der Waals surface area (Å²) in [6.07, 6.45) is 4.37. The number of nitrogens with one attached hydrogen (secondary N) is 1. The Balaban J connectivity index is 1.55. The Bertz CT molecular complexity index is 2250. The Hall–Kier alpha value is -5.16. The van der Waals surface area contributed by atoms with Gasteiger partial charge in [0.15, 0.2) is 0 Å². The van der Waals surface area contributed by atoms with Crippen molar-refractivity contribution in [2.24, 2.45) is 34.6 Å². The average molecular weight is 889 g/mol. The smallest absolute Gasteiger partial charge is 0.312 e. The number of carbonyl (C=O) groups is 5. The maximum Gasteiger partial charge on any atom is 0.312 e. The lowest BCUT2D eigenvalue weighted by Crippen LogP contribution is -2.54. The number of piperidine rings is 1.